The molecular formula is C28H28F3N5O3. The van der Waals surface area contributed by atoms with Crippen molar-refractivity contribution in [3.8, 4) is 11.1 Å². The minimum atomic E-state index is -4.65. The third-order valence-electron chi connectivity index (χ3n) is 7.05. The van der Waals surface area contributed by atoms with Gasteiger partial charge in [-0.15, -0.1) is 0 Å². The van der Waals surface area contributed by atoms with Crippen molar-refractivity contribution >= 4 is 23.2 Å². The molecule has 1 aromatic carbocycles. The van der Waals surface area contributed by atoms with Gasteiger partial charge in [0.05, 0.1) is 36.7 Å². The van der Waals surface area contributed by atoms with E-state index in [4.69, 9.17) is 9.72 Å². The molecule has 0 saturated carbocycles. The minimum absolute atomic E-state index is 0.0437. The van der Waals surface area contributed by atoms with E-state index in [2.05, 4.69) is 20.5 Å². The molecule has 0 radical (unpaired) electrons. The van der Waals surface area contributed by atoms with Crippen LogP contribution in [0.4, 0.5) is 24.5 Å². The van der Waals surface area contributed by atoms with Crippen LogP contribution in [0.3, 0.4) is 0 Å². The van der Waals surface area contributed by atoms with Crippen molar-refractivity contribution < 1.29 is 27.5 Å². The lowest BCUT2D eigenvalue weighted by Crippen LogP contribution is -2.51. The first kappa shape index (κ1) is 26.6. The number of alkyl halides is 3. The number of nitrogens with one attached hydrogen (secondary N) is 2. The van der Waals surface area contributed by atoms with Crippen molar-refractivity contribution in [3.63, 3.8) is 0 Å². The summed E-state index contributed by atoms with van der Waals surface area (Å²) >= 11 is 0. The smallest absolute Gasteiger partial charge is 0.377 e. The quantitative estimate of drug-likeness (QED) is 0.479. The van der Waals surface area contributed by atoms with E-state index in [1.165, 1.54) is 6.07 Å². The Labute approximate surface area is 223 Å². The molecule has 2 N–H and O–H groups in total. The molecule has 2 amide bonds. The number of aromatic nitrogens is 2. The van der Waals surface area contributed by atoms with Crippen LogP contribution in [0.25, 0.3) is 11.1 Å². The number of hydrogen-bond acceptors (Lipinski definition) is 6. The maximum absolute atomic E-state index is 13.0. The third kappa shape index (κ3) is 5.58. The number of nitrogens with zero attached hydrogens (tertiary/aromatic N) is 3. The van der Waals surface area contributed by atoms with Gasteiger partial charge in [-0.05, 0) is 54.8 Å². The van der Waals surface area contributed by atoms with Gasteiger partial charge in [-0.1, -0.05) is 13.0 Å². The predicted molar refractivity (Wildman–Crippen MR) is 139 cm³/mol. The fraction of sp³-hybridized carbons (Fsp3) is 0.357. The molecule has 2 aliphatic heterocycles. The largest absolute Gasteiger partial charge is 0.433 e. The maximum Gasteiger partial charge on any atom is 0.433 e. The van der Waals surface area contributed by atoms with Gasteiger partial charge in [0.25, 0.3) is 5.91 Å². The molecule has 2 aliphatic rings. The molecule has 1 saturated heterocycles. The Morgan fingerprint density at radius 1 is 1.15 bits per heavy atom. The number of aryl methyl sites for hydroxylation is 1. The van der Waals surface area contributed by atoms with Crippen LogP contribution in [-0.4, -0.2) is 47.6 Å². The number of amides is 2. The molecular weight excluding hydrogens is 511 g/mol. The zero-order chi connectivity index (χ0) is 27.7. The van der Waals surface area contributed by atoms with Crippen molar-refractivity contribution in [1.82, 2.24) is 15.3 Å². The van der Waals surface area contributed by atoms with Gasteiger partial charge in [0.2, 0.25) is 5.91 Å². The molecule has 11 heteroatoms. The number of fused-ring (bicyclic) bond motifs is 3. The van der Waals surface area contributed by atoms with Crippen LogP contribution >= 0.6 is 0 Å². The van der Waals surface area contributed by atoms with E-state index in [1.54, 1.807) is 18.3 Å². The fourth-order valence-corrected chi connectivity index (χ4v) is 5.03. The molecule has 3 aromatic rings. The number of morpholine rings is 1. The number of halogens is 3. The van der Waals surface area contributed by atoms with Gasteiger partial charge in [0.1, 0.15) is 5.69 Å². The number of ether oxygens (including phenoxy) is 1. The van der Waals surface area contributed by atoms with E-state index in [0.717, 1.165) is 40.3 Å². The Balaban J connectivity index is 1.45. The normalized spacial score (nSPS) is 18.6. The summed E-state index contributed by atoms with van der Waals surface area (Å²) in [5.41, 5.74) is 3.46. The first-order valence-electron chi connectivity index (χ1n) is 12.7. The van der Waals surface area contributed by atoms with E-state index in [1.807, 2.05) is 26.0 Å². The number of benzene rings is 1. The number of rotatable bonds is 5. The zero-order valence-corrected chi connectivity index (χ0v) is 21.5. The van der Waals surface area contributed by atoms with E-state index in [9.17, 15) is 22.8 Å². The fourth-order valence-electron chi connectivity index (χ4n) is 5.03. The Morgan fingerprint density at radius 3 is 2.74 bits per heavy atom. The summed E-state index contributed by atoms with van der Waals surface area (Å²) in [7, 11) is 0. The number of anilines is 2. The standard InChI is InChI=1S/C28H28F3N5O3/c1-3-25(37)35-22-13-20-15-39-9-8-36(20)23-10-18(14-33-26(22)23)21-12-19(5-4-16(21)2)34-27(38)17-6-7-32-24(11-17)28(29,30)31/h4-7,10-12,14,20,22H,3,8-9,13,15H2,1-2H3,(H,34,38)(H,35,37). The number of carbonyl (C=O) groups excluding carboxylic acids is 2. The topological polar surface area (TPSA) is 96.5 Å². The highest BCUT2D eigenvalue weighted by molar-refractivity contribution is 6.04. The third-order valence-corrected chi connectivity index (χ3v) is 7.05. The molecule has 2 unspecified atom stereocenters. The molecule has 1 fully saturated rings. The number of carbonyl (C=O) groups is 2. The van der Waals surface area contributed by atoms with Crippen LogP contribution in [-0.2, 0) is 15.7 Å². The Hall–Kier alpha value is -3.99. The van der Waals surface area contributed by atoms with Crippen molar-refractivity contribution in [2.24, 2.45) is 0 Å². The van der Waals surface area contributed by atoms with Crippen LogP contribution in [0.1, 0.15) is 53.1 Å². The summed E-state index contributed by atoms with van der Waals surface area (Å²) in [6, 6.07) is 9.19. The second kappa shape index (κ2) is 10.6. The van der Waals surface area contributed by atoms with Gasteiger partial charge in [0.15, 0.2) is 0 Å². The molecule has 5 rings (SSSR count). The molecule has 0 bridgehead atoms. The van der Waals surface area contributed by atoms with Gasteiger partial charge in [0, 0.05) is 42.2 Å². The highest BCUT2D eigenvalue weighted by Crippen LogP contribution is 2.40. The molecule has 204 valence electrons. The first-order chi connectivity index (χ1) is 18.6. The molecule has 2 aromatic heterocycles. The maximum atomic E-state index is 13.0. The highest BCUT2D eigenvalue weighted by atomic mass is 19.4. The zero-order valence-electron chi connectivity index (χ0n) is 21.5. The summed E-state index contributed by atoms with van der Waals surface area (Å²) in [4.78, 5) is 35.3. The first-order valence-corrected chi connectivity index (χ1v) is 12.7. The van der Waals surface area contributed by atoms with Crippen molar-refractivity contribution in [1.29, 1.82) is 0 Å². The predicted octanol–water partition coefficient (Wildman–Crippen LogP) is 4.90. The molecule has 2 atom stereocenters. The lowest BCUT2D eigenvalue weighted by Gasteiger charge is -2.44. The van der Waals surface area contributed by atoms with Gasteiger partial charge >= 0.3 is 6.18 Å². The number of pyridine rings is 2. The second-order valence-corrected chi connectivity index (χ2v) is 9.67. The monoisotopic (exact) mass is 539 g/mol. The molecule has 0 aliphatic carbocycles. The van der Waals surface area contributed by atoms with E-state index in [-0.39, 0.29) is 23.6 Å². The van der Waals surface area contributed by atoms with Gasteiger partial charge in [-0.25, -0.2) is 0 Å². The Morgan fingerprint density at radius 2 is 1.97 bits per heavy atom. The summed E-state index contributed by atoms with van der Waals surface area (Å²) in [6.45, 7) is 5.61. The summed E-state index contributed by atoms with van der Waals surface area (Å²) in [5, 5.41) is 5.77. The molecule has 39 heavy (non-hydrogen) atoms. The van der Waals surface area contributed by atoms with Crippen LogP contribution in [0.2, 0.25) is 0 Å². The van der Waals surface area contributed by atoms with E-state index < -0.39 is 17.8 Å². The summed E-state index contributed by atoms with van der Waals surface area (Å²) in [5.74, 6) is -0.718. The summed E-state index contributed by atoms with van der Waals surface area (Å²) < 4.78 is 44.8. The van der Waals surface area contributed by atoms with Gasteiger partial charge < -0.3 is 20.3 Å². The Bertz CT molecular complexity index is 1410. The van der Waals surface area contributed by atoms with Crippen LogP contribution in [0, 0.1) is 6.92 Å². The Kier molecular flexibility index (Phi) is 7.26. The van der Waals surface area contributed by atoms with E-state index >= 15 is 0 Å². The van der Waals surface area contributed by atoms with Crippen LogP contribution in [0.5, 0.6) is 0 Å². The van der Waals surface area contributed by atoms with Crippen molar-refractivity contribution in [2.75, 3.05) is 30.0 Å². The molecule has 4 heterocycles. The van der Waals surface area contributed by atoms with Crippen LogP contribution in [0.15, 0.2) is 48.8 Å². The molecule has 8 nitrogen and oxygen atoms in total. The average molecular weight is 540 g/mol. The lowest BCUT2D eigenvalue weighted by atomic mass is 9.92. The van der Waals surface area contributed by atoms with Gasteiger partial charge in [-0.2, -0.15) is 13.2 Å². The van der Waals surface area contributed by atoms with E-state index in [0.29, 0.717) is 38.3 Å². The molecule has 0 spiro atoms. The average Bonchev–Trinajstić information content (AvgIpc) is 2.93. The van der Waals surface area contributed by atoms with Crippen molar-refractivity contribution in [2.45, 2.75) is 44.9 Å². The van der Waals surface area contributed by atoms with Gasteiger partial charge in [-0.3, -0.25) is 19.6 Å². The second-order valence-electron chi connectivity index (χ2n) is 9.67. The lowest BCUT2D eigenvalue weighted by molar-refractivity contribution is -0.141. The van der Waals surface area contributed by atoms with Crippen molar-refractivity contribution in [3.05, 3.63) is 71.3 Å². The highest BCUT2D eigenvalue weighted by Gasteiger charge is 2.36. The minimum Gasteiger partial charge on any atom is -0.377 e. The summed E-state index contributed by atoms with van der Waals surface area (Å²) in [6.07, 6.45) is -0.853. The SMILES string of the molecule is CCC(=O)NC1CC2COCCN2c2cc(-c3cc(NC(=O)c4ccnc(C(F)(F)F)c4)ccc3C)cnc21. The van der Waals surface area contributed by atoms with Crippen LogP contribution < -0.4 is 15.5 Å². The number of hydrogen-bond donors (Lipinski definition) is 2.